The smallest absolute Gasteiger partial charge is 0.407 e. The van der Waals surface area contributed by atoms with Crippen molar-refractivity contribution in [2.24, 2.45) is 5.11 Å². The summed E-state index contributed by atoms with van der Waals surface area (Å²) in [4.78, 5) is 30.0. The molecule has 1 aromatic heterocycles. The van der Waals surface area contributed by atoms with Crippen molar-refractivity contribution in [2.45, 2.75) is 32.9 Å². The van der Waals surface area contributed by atoms with Gasteiger partial charge in [-0.25, -0.2) is 4.79 Å². The number of hydrogen-bond acceptors (Lipinski definition) is 6. The van der Waals surface area contributed by atoms with Crippen LogP contribution in [0.3, 0.4) is 0 Å². The predicted molar refractivity (Wildman–Crippen MR) is 94.5 cm³/mol. The second kappa shape index (κ2) is 10.9. The van der Waals surface area contributed by atoms with E-state index in [4.69, 9.17) is 15.0 Å². The minimum absolute atomic E-state index is 0.142. The summed E-state index contributed by atoms with van der Waals surface area (Å²) in [5.41, 5.74) is 8.70. The first-order chi connectivity index (χ1) is 12.3. The SMILES string of the molecule is CC(C)(C)OC(=O)NCCOCCNC(=O)c1ccc(CN=[N+]=[N-])nc1. The number of amides is 2. The Hall–Kier alpha value is -2.84. The summed E-state index contributed by atoms with van der Waals surface area (Å²) in [7, 11) is 0. The highest BCUT2D eigenvalue weighted by atomic mass is 16.6. The minimum atomic E-state index is -0.536. The third-order valence-corrected chi connectivity index (χ3v) is 2.83. The number of carbonyl (C=O) groups is 2. The van der Waals surface area contributed by atoms with Gasteiger partial charge in [-0.05, 0) is 38.4 Å². The Balaban J connectivity index is 2.15. The summed E-state index contributed by atoms with van der Waals surface area (Å²) in [5.74, 6) is -0.275. The van der Waals surface area contributed by atoms with Crippen LogP contribution in [0, 0.1) is 0 Å². The molecule has 0 fully saturated rings. The van der Waals surface area contributed by atoms with E-state index in [1.54, 1.807) is 32.9 Å². The molecule has 0 aliphatic carbocycles. The van der Waals surface area contributed by atoms with Crippen LogP contribution in [0.25, 0.3) is 10.4 Å². The molecule has 1 heterocycles. The standard InChI is InChI=1S/C16H24N6O4/c1-16(2,3)26-15(24)19-7-9-25-8-6-18-14(23)12-4-5-13(20-10-12)11-21-22-17/h4-5,10H,6-9,11H2,1-3H3,(H,18,23)(H,19,24). The van der Waals surface area contributed by atoms with E-state index in [0.29, 0.717) is 37.6 Å². The summed E-state index contributed by atoms with van der Waals surface area (Å²) in [5, 5.41) is 8.66. The topological polar surface area (TPSA) is 138 Å². The van der Waals surface area contributed by atoms with Crippen molar-refractivity contribution in [2.75, 3.05) is 26.3 Å². The second-order valence-electron chi connectivity index (χ2n) is 6.22. The van der Waals surface area contributed by atoms with Gasteiger partial charge in [0.05, 0.1) is 25.3 Å². The molecule has 2 N–H and O–H groups in total. The van der Waals surface area contributed by atoms with Crippen molar-refractivity contribution in [1.82, 2.24) is 15.6 Å². The van der Waals surface area contributed by atoms with E-state index in [1.807, 2.05) is 0 Å². The van der Waals surface area contributed by atoms with Crippen LogP contribution in [0.5, 0.6) is 0 Å². The largest absolute Gasteiger partial charge is 0.444 e. The van der Waals surface area contributed by atoms with Crippen molar-refractivity contribution in [3.05, 3.63) is 40.0 Å². The van der Waals surface area contributed by atoms with Crippen LogP contribution >= 0.6 is 0 Å². The first-order valence-corrected chi connectivity index (χ1v) is 8.10. The normalized spacial score (nSPS) is 10.6. The number of hydrogen-bond donors (Lipinski definition) is 2. The van der Waals surface area contributed by atoms with Gasteiger partial charge in [0.2, 0.25) is 0 Å². The Morgan fingerprint density at radius 2 is 1.92 bits per heavy atom. The molecular weight excluding hydrogens is 340 g/mol. The highest BCUT2D eigenvalue weighted by Gasteiger charge is 2.15. The molecule has 10 heteroatoms. The lowest BCUT2D eigenvalue weighted by Gasteiger charge is -2.19. The molecule has 26 heavy (non-hydrogen) atoms. The minimum Gasteiger partial charge on any atom is -0.444 e. The van der Waals surface area contributed by atoms with Gasteiger partial charge in [-0.1, -0.05) is 5.11 Å². The number of alkyl carbamates (subject to hydrolysis) is 1. The van der Waals surface area contributed by atoms with Gasteiger partial charge < -0.3 is 20.1 Å². The first kappa shape index (κ1) is 21.2. The Morgan fingerprint density at radius 1 is 1.23 bits per heavy atom. The number of ether oxygens (including phenoxy) is 2. The number of rotatable bonds is 9. The molecular formula is C16H24N6O4. The second-order valence-corrected chi connectivity index (χ2v) is 6.22. The number of pyridine rings is 1. The van der Waals surface area contributed by atoms with Crippen LogP contribution in [0.15, 0.2) is 23.4 Å². The molecule has 0 unspecified atom stereocenters. The zero-order valence-corrected chi connectivity index (χ0v) is 15.2. The maximum absolute atomic E-state index is 11.9. The van der Waals surface area contributed by atoms with Crippen LogP contribution in [-0.2, 0) is 16.0 Å². The molecule has 142 valence electrons. The van der Waals surface area contributed by atoms with E-state index in [-0.39, 0.29) is 12.5 Å². The Labute approximate surface area is 151 Å². The molecule has 0 saturated heterocycles. The monoisotopic (exact) mass is 364 g/mol. The van der Waals surface area contributed by atoms with Crippen LogP contribution in [0.1, 0.15) is 36.8 Å². The summed E-state index contributed by atoms with van der Waals surface area (Å²) in [6.07, 6.45) is 0.925. The van der Waals surface area contributed by atoms with E-state index >= 15 is 0 Å². The molecule has 0 atom stereocenters. The van der Waals surface area contributed by atoms with E-state index in [2.05, 4.69) is 25.6 Å². The quantitative estimate of drug-likeness (QED) is 0.299. The van der Waals surface area contributed by atoms with Crippen molar-refractivity contribution >= 4 is 12.0 Å². The lowest BCUT2D eigenvalue weighted by molar-refractivity contribution is 0.0500. The molecule has 0 spiro atoms. The number of nitrogens with zero attached hydrogens (tertiary/aromatic N) is 4. The molecule has 10 nitrogen and oxygen atoms in total. The molecule has 0 radical (unpaired) electrons. The molecule has 0 aromatic carbocycles. The van der Waals surface area contributed by atoms with Gasteiger partial charge in [-0.2, -0.15) is 0 Å². The Bertz CT molecular complexity index is 635. The highest BCUT2D eigenvalue weighted by molar-refractivity contribution is 5.93. The molecule has 0 bridgehead atoms. The summed E-state index contributed by atoms with van der Waals surface area (Å²) in [6.45, 7) is 6.77. The number of aromatic nitrogens is 1. The van der Waals surface area contributed by atoms with E-state index in [9.17, 15) is 9.59 Å². The maximum Gasteiger partial charge on any atom is 0.407 e. The lowest BCUT2D eigenvalue weighted by Crippen LogP contribution is -2.34. The molecule has 0 aliphatic rings. The van der Waals surface area contributed by atoms with E-state index < -0.39 is 11.7 Å². The fourth-order valence-electron chi connectivity index (χ4n) is 1.74. The molecule has 1 rings (SSSR count). The van der Waals surface area contributed by atoms with Gasteiger partial charge in [-0.15, -0.1) is 0 Å². The lowest BCUT2D eigenvalue weighted by atomic mass is 10.2. The van der Waals surface area contributed by atoms with Crippen molar-refractivity contribution < 1.29 is 19.1 Å². The number of nitrogens with one attached hydrogen (secondary N) is 2. The number of azide groups is 1. The third kappa shape index (κ3) is 9.45. The molecule has 0 saturated carbocycles. The van der Waals surface area contributed by atoms with Gasteiger partial charge >= 0.3 is 6.09 Å². The van der Waals surface area contributed by atoms with Crippen LogP contribution in [-0.4, -0.2) is 48.9 Å². The van der Waals surface area contributed by atoms with Gasteiger partial charge in [0.1, 0.15) is 5.60 Å². The Kier molecular flexibility index (Phi) is 8.90. The van der Waals surface area contributed by atoms with Gasteiger partial charge in [0.25, 0.3) is 5.91 Å². The summed E-state index contributed by atoms with van der Waals surface area (Å²) >= 11 is 0. The number of carbonyl (C=O) groups excluding carboxylic acids is 2. The fourth-order valence-corrected chi connectivity index (χ4v) is 1.74. The summed E-state index contributed by atoms with van der Waals surface area (Å²) < 4.78 is 10.4. The fraction of sp³-hybridized carbons (Fsp3) is 0.562. The van der Waals surface area contributed by atoms with E-state index in [0.717, 1.165) is 0 Å². The zero-order chi connectivity index (χ0) is 19.4. The molecule has 2 amide bonds. The average molecular weight is 364 g/mol. The van der Waals surface area contributed by atoms with Crippen LogP contribution < -0.4 is 10.6 Å². The van der Waals surface area contributed by atoms with Crippen molar-refractivity contribution in [1.29, 1.82) is 0 Å². The van der Waals surface area contributed by atoms with Gasteiger partial charge in [0, 0.05) is 29.9 Å². The Morgan fingerprint density at radius 3 is 2.50 bits per heavy atom. The zero-order valence-electron chi connectivity index (χ0n) is 15.2. The predicted octanol–water partition coefficient (Wildman–Crippen LogP) is 2.16. The highest BCUT2D eigenvalue weighted by Crippen LogP contribution is 2.06. The summed E-state index contributed by atoms with van der Waals surface area (Å²) in [6, 6.07) is 3.23. The van der Waals surface area contributed by atoms with Crippen molar-refractivity contribution in [3.8, 4) is 0 Å². The molecule has 0 aliphatic heterocycles. The average Bonchev–Trinajstić information content (AvgIpc) is 2.57. The first-order valence-electron chi connectivity index (χ1n) is 8.10. The van der Waals surface area contributed by atoms with Crippen molar-refractivity contribution in [3.63, 3.8) is 0 Å². The van der Waals surface area contributed by atoms with Crippen LogP contribution in [0.4, 0.5) is 4.79 Å². The van der Waals surface area contributed by atoms with Gasteiger partial charge in [0.15, 0.2) is 0 Å². The van der Waals surface area contributed by atoms with Gasteiger partial charge in [-0.3, -0.25) is 9.78 Å². The van der Waals surface area contributed by atoms with Crippen LogP contribution in [0.2, 0.25) is 0 Å². The maximum atomic E-state index is 11.9. The van der Waals surface area contributed by atoms with E-state index in [1.165, 1.54) is 6.20 Å². The third-order valence-electron chi connectivity index (χ3n) is 2.83. The molecule has 1 aromatic rings.